The second kappa shape index (κ2) is 22.5. The van der Waals surface area contributed by atoms with E-state index in [1.54, 1.807) is 6.92 Å². The summed E-state index contributed by atoms with van der Waals surface area (Å²) in [5.41, 5.74) is 0. The van der Waals surface area contributed by atoms with Gasteiger partial charge in [0.25, 0.3) is 0 Å². The molecule has 0 aromatic heterocycles. The van der Waals surface area contributed by atoms with Gasteiger partial charge in [-0.15, -0.1) is 0 Å². The van der Waals surface area contributed by atoms with Crippen molar-refractivity contribution in [3.63, 3.8) is 0 Å². The Kier molecular flexibility index (Phi) is 50.5. The molecule has 0 N–H and O–H groups in total. The molecule has 0 radical (unpaired) electrons. The van der Waals surface area contributed by atoms with Crippen LogP contribution in [-0.4, -0.2) is 0 Å². The molecule has 10 heavy (non-hydrogen) atoms. The number of rotatable bonds is 2. The SMILES string of the molecule is [CH2-]C.[CH2-]C(CC)CC.[Zn+2].[Zn]. The quantitative estimate of drug-likeness (QED) is 0.518. The van der Waals surface area contributed by atoms with Gasteiger partial charge in [0.05, 0.1) is 0 Å². The predicted molar refractivity (Wildman–Crippen MR) is 40.5 cm³/mol. The van der Waals surface area contributed by atoms with Gasteiger partial charge in [0, 0.05) is 19.5 Å². The van der Waals surface area contributed by atoms with E-state index in [1.807, 2.05) is 0 Å². The third-order valence-corrected chi connectivity index (χ3v) is 1.15. The van der Waals surface area contributed by atoms with Crippen LogP contribution in [0.25, 0.3) is 0 Å². The van der Waals surface area contributed by atoms with Gasteiger partial charge < -0.3 is 13.8 Å². The number of hydrogen-bond acceptors (Lipinski definition) is 0. The molecule has 0 atom stereocenters. The Morgan fingerprint density at radius 3 is 1.30 bits per heavy atom. The average molecular weight is 245 g/mol. The zero-order valence-electron chi connectivity index (χ0n) is 7.82. The third kappa shape index (κ3) is 22.8. The van der Waals surface area contributed by atoms with Gasteiger partial charge in [-0.25, -0.2) is 0 Å². The molecule has 0 unspecified atom stereocenters. The van der Waals surface area contributed by atoms with Crippen LogP contribution in [-0.2, 0) is 39.0 Å². The molecule has 0 saturated heterocycles. The summed E-state index contributed by atoms with van der Waals surface area (Å²) in [4.78, 5) is 0. The molecule has 0 aliphatic carbocycles. The molecule has 0 aliphatic heterocycles. The summed E-state index contributed by atoms with van der Waals surface area (Å²) in [5, 5.41) is 0. The Morgan fingerprint density at radius 1 is 1.10 bits per heavy atom. The molecule has 0 aromatic carbocycles. The van der Waals surface area contributed by atoms with Crippen molar-refractivity contribution in [3.8, 4) is 0 Å². The van der Waals surface area contributed by atoms with E-state index >= 15 is 0 Å². The van der Waals surface area contributed by atoms with Crippen molar-refractivity contribution in [1.82, 2.24) is 0 Å². The standard InChI is InChI=1S/C6H13.C2H5.2Zn/c1-4-6(3)5-2;1-2;;/h6H,3-5H2,1-2H3;1H2,2H3;;/q2*-1;;+2. The van der Waals surface area contributed by atoms with E-state index in [4.69, 9.17) is 0 Å². The molecule has 0 aromatic rings. The van der Waals surface area contributed by atoms with Gasteiger partial charge in [0.2, 0.25) is 0 Å². The van der Waals surface area contributed by atoms with Gasteiger partial charge in [-0.2, -0.15) is 12.8 Å². The summed E-state index contributed by atoms with van der Waals surface area (Å²) >= 11 is 0. The molecule has 0 amide bonds. The van der Waals surface area contributed by atoms with E-state index in [-0.39, 0.29) is 39.0 Å². The molecule has 0 fully saturated rings. The van der Waals surface area contributed by atoms with Gasteiger partial charge >= 0.3 is 19.5 Å². The van der Waals surface area contributed by atoms with Crippen LogP contribution in [0.15, 0.2) is 0 Å². The first-order chi connectivity index (χ1) is 3.81. The van der Waals surface area contributed by atoms with Crippen molar-refractivity contribution >= 4 is 0 Å². The van der Waals surface area contributed by atoms with Crippen molar-refractivity contribution < 1.29 is 39.0 Å². The topological polar surface area (TPSA) is 0 Å². The maximum atomic E-state index is 3.88. The smallest absolute Gasteiger partial charge is 0.346 e. The van der Waals surface area contributed by atoms with Crippen LogP contribution in [0.1, 0.15) is 33.6 Å². The first-order valence-corrected chi connectivity index (χ1v) is 3.35. The third-order valence-electron chi connectivity index (χ3n) is 1.15. The fourth-order valence-electron chi connectivity index (χ4n) is 0.289. The Bertz CT molecular complexity index is 26.4. The molecule has 0 spiro atoms. The fourth-order valence-corrected chi connectivity index (χ4v) is 0.289. The molecule has 0 rings (SSSR count). The fraction of sp³-hybridized carbons (Fsp3) is 0.750. The van der Waals surface area contributed by atoms with Crippen LogP contribution in [0.5, 0.6) is 0 Å². The minimum atomic E-state index is 0. The van der Waals surface area contributed by atoms with Crippen LogP contribution in [0.3, 0.4) is 0 Å². The van der Waals surface area contributed by atoms with Crippen molar-refractivity contribution in [2.45, 2.75) is 33.6 Å². The molecular formula is C8H18Zn2. The molecule has 0 bridgehead atoms. The minimum Gasteiger partial charge on any atom is -0.346 e. The van der Waals surface area contributed by atoms with Gasteiger partial charge in [-0.05, 0) is 0 Å². The van der Waals surface area contributed by atoms with Gasteiger partial charge in [0.1, 0.15) is 0 Å². The summed E-state index contributed by atoms with van der Waals surface area (Å²) in [6, 6.07) is 0. The van der Waals surface area contributed by atoms with Gasteiger partial charge in [-0.3, -0.25) is 0 Å². The summed E-state index contributed by atoms with van der Waals surface area (Å²) in [5.74, 6) is 0.685. The van der Waals surface area contributed by atoms with E-state index in [0.29, 0.717) is 5.92 Å². The van der Waals surface area contributed by atoms with Crippen molar-refractivity contribution in [2.24, 2.45) is 5.92 Å². The Labute approximate surface area is 92.1 Å². The predicted octanol–water partition coefficient (Wildman–Crippen LogP) is 3.09. The first kappa shape index (κ1) is 22.5. The van der Waals surface area contributed by atoms with E-state index in [0.717, 1.165) is 0 Å². The summed E-state index contributed by atoms with van der Waals surface area (Å²) in [6.07, 6.45) is 2.44. The molecule has 0 saturated carbocycles. The van der Waals surface area contributed by atoms with Crippen molar-refractivity contribution in [2.75, 3.05) is 0 Å². The molecule has 0 heterocycles. The summed E-state index contributed by atoms with van der Waals surface area (Å²) in [6.45, 7) is 13.2. The van der Waals surface area contributed by atoms with Crippen LogP contribution >= 0.6 is 0 Å². The zero-order valence-corrected chi connectivity index (χ0v) is 13.8. The number of hydrogen-bond donors (Lipinski definition) is 0. The monoisotopic (exact) mass is 242 g/mol. The Hall–Kier alpha value is 1.25. The van der Waals surface area contributed by atoms with Crippen LogP contribution in [0.2, 0.25) is 0 Å². The van der Waals surface area contributed by atoms with Crippen LogP contribution < -0.4 is 0 Å². The molecule has 2 heteroatoms. The second-order valence-electron chi connectivity index (χ2n) is 1.68. The normalized spacial score (nSPS) is 6.60. The van der Waals surface area contributed by atoms with E-state index in [2.05, 4.69) is 27.7 Å². The second-order valence-corrected chi connectivity index (χ2v) is 1.68. The van der Waals surface area contributed by atoms with Crippen LogP contribution in [0.4, 0.5) is 0 Å². The molecule has 0 nitrogen and oxygen atoms in total. The summed E-state index contributed by atoms with van der Waals surface area (Å²) < 4.78 is 0. The largest absolute Gasteiger partial charge is 2.00 e. The van der Waals surface area contributed by atoms with E-state index < -0.39 is 0 Å². The first-order valence-electron chi connectivity index (χ1n) is 3.35. The zero-order chi connectivity index (χ0) is 6.99. The Morgan fingerprint density at radius 2 is 1.30 bits per heavy atom. The van der Waals surface area contributed by atoms with E-state index in [9.17, 15) is 0 Å². The van der Waals surface area contributed by atoms with Crippen LogP contribution in [0, 0.1) is 19.8 Å². The van der Waals surface area contributed by atoms with E-state index in [1.165, 1.54) is 12.8 Å². The molecule has 54 valence electrons. The molecule has 0 aliphatic rings. The maximum absolute atomic E-state index is 3.88. The average Bonchev–Trinajstić information content (AvgIpc) is 1.91. The molecular weight excluding hydrogens is 227 g/mol. The maximum Gasteiger partial charge on any atom is 2.00 e. The van der Waals surface area contributed by atoms with Crippen molar-refractivity contribution in [3.05, 3.63) is 13.8 Å². The van der Waals surface area contributed by atoms with Crippen molar-refractivity contribution in [1.29, 1.82) is 0 Å². The minimum absolute atomic E-state index is 0. The van der Waals surface area contributed by atoms with Gasteiger partial charge in [0.15, 0.2) is 0 Å². The summed E-state index contributed by atoms with van der Waals surface area (Å²) in [7, 11) is 0. The van der Waals surface area contributed by atoms with Gasteiger partial charge in [-0.1, -0.05) is 26.7 Å². The Balaban J connectivity index is -0.0000000412.